The highest BCUT2D eigenvalue weighted by Gasteiger charge is 2.53. The Balaban J connectivity index is 2.31. The predicted molar refractivity (Wildman–Crippen MR) is 116 cm³/mol. The van der Waals surface area contributed by atoms with E-state index < -0.39 is 44.4 Å². The van der Waals surface area contributed by atoms with Crippen LogP contribution in [0, 0.1) is 5.92 Å². The van der Waals surface area contributed by atoms with Crippen LogP contribution in [0.4, 0.5) is 0 Å². The smallest absolute Gasteiger partial charge is 0.357 e. The maximum Gasteiger partial charge on any atom is 0.357 e. The number of benzene rings is 1. The topological polar surface area (TPSA) is 149 Å². The molecule has 1 aromatic carbocycles. The average molecular weight is 466 g/mol. The lowest BCUT2D eigenvalue weighted by molar-refractivity contribution is -1.02. The second-order valence-electron chi connectivity index (χ2n) is 7.57. The Morgan fingerprint density at radius 3 is 2.34 bits per heavy atom. The number of carbonyl (C=O) groups is 2. The quantitative estimate of drug-likeness (QED) is 0.333. The van der Waals surface area contributed by atoms with Gasteiger partial charge in [-0.3, -0.25) is 14.6 Å². The zero-order chi connectivity index (χ0) is 23.9. The number of rotatable bonds is 11. The van der Waals surface area contributed by atoms with Crippen LogP contribution in [0.15, 0.2) is 53.6 Å². The van der Waals surface area contributed by atoms with Crippen molar-refractivity contribution in [3.63, 3.8) is 0 Å². The molecule has 11 heteroatoms. The summed E-state index contributed by atoms with van der Waals surface area (Å²) in [7, 11) is -3.10. The van der Waals surface area contributed by atoms with Crippen LogP contribution in [0.5, 0.6) is 5.75 Å². The van der Waals surface area contributed by atoms with E-state index in [2.05, 4.69) is 10.3 Å². The Labute approximate surface area is 187 Å². The Morgan fingerprint density at radius 1 is 1.19 bits per heavy atom. The molecule has 2 aromatic rings. The minimum atomic E-state index is -4.53. The molecule has 2 atom stereocenters. The number of amides is 2. The highest BCUT2D eigenvalue weighted by Crippen LogP contribution is 2.30. The molecule has 1 aromatic heterocycles. The molecule has 0 aliphatic heterocycles. The van der Waals surface area contributed by atoms with Crippen LogP contribution in [0.2, 0.25) is 0 Å². The van der Waals surface area contributed by atoms with E-state index >= 15 is 0 Å². The SMILES string of the molecule is COc1ccc(S(=O)(=O)[N+](O)(CCC(=O)NCc2ccccn2)[C@@H](C(N)=O)C(C)C)cc1. The van der Waals surface area contributed by atoms with E-state index in [1.165, 1.54) is 31.4 Å². The molecule has 0 bridgehead atoms. The molecule has 0 aliphatic rings. The summed E-state index contributed by atoms with van der Waals surface area (Å²) in [5.41, 5.74) is 6.10. The Hall–Kier alpha value is -3.02. The van der Waals surface area contributed by atoms with E-state index in [-0.39, 0.29) is 17.9 Å². The molecule has 0 saturated heterocycles. The Kier molecular flexibility index (Phi) is 8.31. The average Bonchev–Trinajstić information content (AvgIpc) is 2.76. The van der Waals surface area contributed by atoms with Gasteiger partial charge in [-0.15, -0.1) is 0 Å². The molecule has 0 spiro atoms. The highest BCUT2D eigenvalue weighted by molar-refractivity contribution is 7.85. The second kappa shape index (κ2) is 10.5. The van der Waals surface area contributed by atoms with E-state index in [0.29, 0.717) is 11.4 Å². The number of pyridine rings is 1. The zero-order valence-electron chi connectivity index (χ0n) is 18.3. The van der Waals surface area contributed by atoms with Gasteiger partial charge in [0.25, 0.3) is 5.91 Å². The number of sulfonamides is 1. The van der Waals surface area contributed by atoms with Crippen LogP contribution in [0.1, 0.15) is 26.0 Å². The summed E-state index contributed by atoms with van der Waals surface area (Å²) in [5.74, 6) is -1.70. The Morgan fingerprint density at radius 2 is 1.84 bits per heavy atom. The molecule has 2 amide bonds. The third-order valence-corrected chi connectivity index (χ3v) is 7.09. The lowest BCUT2D eigenvalue weighted by Crippen LogP contribution is -2.64. The lowest BCUT2D eigenvalue weighted by Gasteiger charge is -2.36. The molecule has 32 heavy (non-hydrogen) atoms. The molecule has 1 heterocycles. The number of carbonyl (C=O) groups excluding carboxylic acids is 2. The van der Waals surface area contributed by atoms with Gasteiger partial charge in [0.15, 0.2) is 0 Å². The first-order valence-corrected chi connectivity index (χ1v) is 11.4. The van der Waals surface area contributed by atoms with Crippen molar-refractivity contribution in [2.45, 2.75) is 37.8 Å². The van der Waals surface area contributed by atoms with Gasteiger partial charge < -0.3 is 15.8 Å². The highest BCUT2D eigenvalue weighted by atomic mass is 32.2. The number of hydroxylamine groups is 2. The van der Waals surface area contributed by atoms with E-state index in [1.807, 2.05) is 0 Å². The second-order valence-corrected chi connectivity index (χ2v) is 9.62. The first-order valence-electron chi connectivity index (χ1n) is 9.98. The summed E-state index contributed by atoms with van der Waals surface area (Å²) in [6.45, 7) is 2.71. The van der Waals surface area contributed by atoms with Gasteiger partial charge in [-0.2, -0.15) is 13.6 Å². The van der Waals surface area contributed by atoms with Crippen LogP contribution in [0.3, 0.4) is 0 Å². The zero-order valence-corrected chi connectivity index (χ0v) is 19.1. The van der Waals surface area contributed by atoms with Crippen molar-refractivity contribution < 1.29 is 32.0 Å². The number of hydrogen-bond acceptors (Lipinski definition) is 7. The normalized spacial score (nSPS) is 14.4. The number of nitrogens with zero attached hydrogens (tertiary/aromatic N) is 2. The molecule has 174 valence electrons. The number of nitrogens with one attached hydrogen (secondary N) is 1. The number of nitrogens with two attached hydrogens (primary N) is 1. The minimum Gasteiger partial charge on any atom is -0.497 e. The van der Waals surface area contributed by atoms with E-state index in [4.69, 9.17) is 10.5 Å². The van der Waals surface area contributed by atoms with Gasteiger partial charge in [0.1, 0.15) is 17.2 Å². The number of methoxy groups -OCH3 is 1. The van der Waals surface area contributed by atoms with Crippen LogP contribution in [-0.2, 0) is 26.2 Å². The predicted octanol–water partition coefficient (Wildman–Crippen LogP) is 1.20. The fourth-order valence-corrected chi connectivity index (χ4v) is 5.20. The van der Waals surface area contributed by atoms with E-state index in [0.717, 1.165) is 0 Å². The van der Waals surface area contributed by atoms with Crippen LogP contribution < -0.4 is 15.8 Å². The monoisotopic (exact) mass is 465 g/mol. The maximum absolute atomic E-state index is 13.4. The lowest BCUT2D eigenvalue weighted by atomic mass is 10.0. The van der Waals surface area contributed by atoms with Crippen molar-refractivity contribution in [3.05, 3.63) is 54.4 Å². The number of ether oxygens (including phenoxy) is 1. The van der Waals surface area contributed by atoms with Crippen molar-refractivity contribution >= 4 is 21.8 Å². The van der Waals surface area contributed by atoms with Crippen molar-refractivity contribution in [2.75, 3.05) is 13.7 Å². The molecule has 0 radical (unpaired) electrons. The first kappa shape index (κ1) is 25.2. The summed E-state index contributed by atoms with van der Waals surface area (Å²) in [6, 6.07) is 9.10. The van der Waals surface area contributed by atoms with Crippen LogP contribution in [-0.4, -0.2) is 54.2 Å². The van der Waals surface area contributed by atoms with Crippen LogP contribution >= 0.6 is 0 Å². The molecular weight excluding hydrogens is 436 g/mol. The van der Waals surface area contributed by atoms with Crippen molar-refractivity contribution in [2.24, 2.45) is 11.7 Å². The fraction of sp³-hybridized carbons (Fsp3) is 0.381. The van der Waals surface area contributed by atoms with E-state index in [9.17, 15) is 23.2 Å². The van der Waals surface area contributed by atoms with Gasteiger partial charge in [-0.25, -0.2) is 0 Å². The fourth-order valence-electron chi connectivity index (χ4n) is 3.37. The molecule has 1 unspecified atom stereocenters. The van der Waals surface area contributed by atoms with Gasteiger partial charge in [0.05, 0.1) is 25.8 Å². The largest absolute Gasteiger partial charge is 0.497 e. The third-order valence-electron chi connectivity index (χ3n) is 4.98. The van der Waals surface area contributed by atoms with Crippen molar-refractivity contribution in [1.29, 1.82) is 0 Å². The van der Waals surface area contributed by atoms with Crippen molar-refractivity contribution in [1.82, 2.24) is 10.3 Å². The van der Waals surface area contributed by atoms with Gasteiger partial charge in [0.2, 0.25) is 11.9 Å². The summed E-state index contributed by atoms with van der Waals surface area (Å²) in [6.07, 6.45) is 1.22. The van der Waals surface area contributed by atoms with Gasteiger partial charge >= 0.3 is 10.0 Å². The Bertz CT molecular complexity index is 1030. The first-order chi connectivity index (χ1) is 15.0. The molecule has 2 rings (SSSR count). The van der Waals surface area contributed by atoms with Gasteiger partial charge in [0, 0.05) is 12.1 Å². The molecular formula is C21H29N4O6S+. The molecule has 0 aliphatic carbocycles. The minimum absolute atomic E-state index is 0.139. The molecule has 0 fully saturated rings. The van der Waals surface area contributed by atoms with Gasteiger partial charge in [-0.1, -0.05) is 24.0 Å². The summed E-state index contributed by atoms with van der Waals surface area (Å²) >= 11 is 0. The van der Waals surface area contributed by atoms with Crippen molar-refractivity contribution in [3.8, 4) is 5.75 Å². The summed E-state index contributed by atoms with van der Waals surface area (Å²) < 4.78 is 30.2. The van der Waals surface area contributed by atoms with Crippen LogP contribution in [0.25, 0.3) is 0 Å². The molecule has 0 saturated carbocycles. The number of quaternary nitrogens is 1. The number of hydrogen-bond donors (Lipinski definition) is 3. The maximum atomic E-state index is 13.4. The third kappa shape index (κ3) is 5.61. The molecule has 10 nitrogen and oxygen atoms in total. The number of primary amides is 1. The van der Waals surface area contributed by atoms with E-state index in [1.54, 1.807) is 38.2 Å². The number of aromatic nitrogens is 1. The molecule has 4 N–H and O–H groups in total. The summed E-state index contributed by atoms with van der Waals surface area (Å²) in [5, 5.41) is 14.0. The van der Waals surface area contributed by atoms with Gasteiger partial charge in [-0.05, 0) is 36.4 Å². The summed E-state index contributed by atoms with van der Waals surface area (Å²) in [4.78, 5) is 28.4. The standard InChI is InChI=1S/C21H28N4O6S/c1-15(2)20(21(22)27)25(28,32(29,30)18-9-7-17(31-3)8-10-18)13-11-19(26)24-14-16-6-4-5-12-23-16/h4-10,12,15,20,28H,11,13-14H2,1-3H3,(H2-,22,24,26,27)/p+1/t20-,25?/m1/s1.